The van der Waals surface area contributed by atoms with Crippen molar-refractivity contribution in [1.82, 2.24) is 0 Å². The number of hydrogen-bond acceptors (Lipinski definition) is 2. The topological polar surface area (TPSA) is 43.1 Å². The van der Waals surface area contributed by atoms with Gasteiger partial charge in [-0.05, 0) is 23.3 Å². The third kappa shape index (κ3) is 3.82. The van der Waals surface area contributed by atoms with Crippen LogP contribution in [0.1, 0.15) is 11.1 Å². The van der Waals surface area contributed by atoms with Gasteiger partial charge in [-0.25, -0.2) is 0 Å². The summed E-state index contributed by atoms with van der Waals surface area (Å²) in [6.45, 7) is 0. The minimum atomic E-state index is -0.398. The molecule has 0 heterocycles. The average molecular weight is 306 g/mol. The van der Waals surface area contributed by atoms with Crippen LogP contribution >= 0.6 is 17.0 Å². The maximum atomic E-state index is 10.5. The molecule has 0 unspecified atom stereocenters. The van der Waals surface area contributed by atoms with Crippen LogP contribution in [-0.2, 0) is 0 Å². The second-order valence-corrected chi connectivity index (χ2v) is 3.59. The molecule has 2 rings (SSSR count). The van der Waals surface area contributed by atoms with Crippen molar-refractivity contribution in [2.75, 3.05) is 0 Å². The Hall–Kier alpha value is -1.94. The molecule has 18 heavy (non-hydrogen) atoms. The Bertz CT molecular complexity index is 535. The first-order chi connectivity index (χ1) is 8.25. The molecule has 0 spiro atoms. The Kier molecular flexibility index (Phi) is 5.27. The third-order valence-corrected chi connectivity index (χ3v) is 2.37. The van der Waals surface area contributed by atoms with Crippen molar-refractivity contribution in [1.29, 1.82) is 0 Å². The molecular formula is C14H12BrNO2. The molecule has 0 saturated carbocycles. The average Bonchev–Trinajstić information content (AvgIpc) is 2.38. The summed E-state index contributed by atoms with van der Waals surface area (Å²) in [5.74, 6) is 0. The standard InChI is InChI=1S/C14H11NO2.BrH/c16-15(17)14-10-8-13(9-11-14)7-6-12-4-2-1-3-5-12;/h1-11H;1H/b7-6-;. The monoisotopic (exact) mass is 305 g/mol. The number of nitrogens with zero attached hydrogens (tertiary/aromatic N) is 1. The maximum Gasteiger partial charge on any atom is 0.269 e. The number of non-ortho nitro benzene ring substituents is 1. The third-order valence-electron chi connectivity index (χ3n) is 2.37. The van der Waals surface area contributed by atoms with Gasteiger partial charge in [0.25, 0.3) is 5.69 Å². The van der Waals surface area contributed by atoms with E-state index < -0.39 is 4.92 Å². The van der Waals surface area contributed by atoms with Crippen LogP contribution in [-0.4, -0.2) is 4.92 Å². The Morgan fingerprint density at radius 1 is 0.833 bits per heavy atom. The largest absolute Gasteiger partial charge is 0.269 e. The fourth-order valence-corrected chi connectivity index (χ4v) is 1.46. The van der Waals surface area contributed by atoms with Crippen LogP contribution < -0.4 is 0 Å². The number of nitro groups is 1. The first-order valence-corrected chi connectivity index (χ1v) is 5.23. The van der Waals surface area contributed by atoms with E-state index in [1.54, 1.807) is 12.1 Å². The van der Waals surface area contributed by atoms with Gasteiger partial charge in [0.15, 0.2) is 0 Å². The zero-order valence-electron chi connectivity index (χ0n) is 9.52. The maximum absolute atomic E-state index is 10.5. The Morgan fingerprint density at radius 2 is 1.33 bits per heavy atom. The van der Waals surface area contributed by atoms with E-state index in [1.165, 1.54) is 12.1 Å². The first-order valence-electron chi connectivity index (χ1n) is 5.23. The van der Waals surface area contributed by atoms with Gasteiger partial charge in [0.2, 0.25) is 0 Å². The molecule has 0 radical (unpaired) electrons. The lowest BCUT2D eigenvalue weighted by atomic mass is 10.1. The highest BCUT2D eigenvalue weighted by molar-refractivity contribution is 8.93. The molecule has 3 nitrogen and oxygen atoms in total. The van der Waals surface area contributed by atoms with Crippen LogP contribution in [0.5, 0.6) is 0 Å². The van der Waals surface area contributed by atoms with E-state index in [0.29, 0.717) is 0 Å². The van der Waals surface area contributed by atoms with Crippen LogP contribution in [0.3, 0.4) is 0 Å². The van der Waals surface area contributed by atoms with E-state index in [2.05, 4.69) is 0 Å². The summed E-state index contributed by atoms with van der Waals surface area (Å²) in [6.07, 6.45) is 3.90. The van der Waals surface area contributed by atoms with Gasteiger partial charge in [0.05, 0.1) is 4.92 Å². The number of halogens is 1. The van der Waals surface area contributed by atoms with Crippen molar-refractivity contribution in [2.24, 2.45) is 0 Å². The predicted molar refractivity (Wildman–Crippen MR) is 78.8 cm³/mol. The van der Waals surface area contributed by atoms with E-state index in [1.807, 2.05) is 42.5 Å². The second-order valence-electron chi connectivity index (χ2n) is 3.59. The lowest BCUT2D eigenvalue weighted by Crippen LogP contribution is -1.86. The second kappa shape index (κ2) is 6.71. The number of nitro benzene ring substituents is 1. The molecule has 0 aliphatic rings. The van der Waals surface area contributed by atoms with Gasteiger partial charge in [-0.3, -0.25) is 10.1 Å². The number of benzene rings is 2. The van der Waals surface area contributed by atoms with Crippen LogP contribution in [0.15, 0.2) is 54.6 Å². The Labute approximate surface area is 116 Å². The van der Waals surface area contributed by atoms with Crippen molar-refractivity contribution >= 4 is 34.8 Å². The van der Waals surface area contributed by atoms with Crippen LogP contribution in [0.4, 0.5) is 5.69 Å². The molecular weight excluding hydrogens is 294 g/mol. The van der Waals surface area contributed by atoms with Crippen LogP contribution in [0, 0.1) is 10.1 Å². The highest BCUT2D eigenvalue weighted by Crippen LogP contribution is 2.14. The van der Waals surface area contributed by atoms with Gasteiger partial charge in [0.1, 0.15) is 0 Å². The van der Waals surface area contributed by atoms with E-state index in [4.69, 9.17) is 0 Å². The normalized spacial score (nSPS) is 10.0. The molecule has 0 aliphatic carbocycles. The van der Waals surface area contributed by atoms with E-state index in [9.17, 15) is 10.1 Å². The smallest absolute Gasteiger partial charge is 0.258 e. The van der Waals surface area contributed by atoms with Crippen LogP contribution in [0.2, 0.25) is 0 Å². The summed E-state index contributed by atoms with van der Waals surface area (Å²) in [5, 5.41) is 10.5. The molecule has 0 aliphatic heterocycles. The summed E-state index contributed by atoms with van der Waals surface area (Å²) >= 11 is 0. The Morgan fingerprint density at radius 3 is 1.83 bits per heavy atom. The minimum Gasteiger partial charge on any atom is -0.258 e. The molecule has 0 atom stereocenters. The summed E-state index contributed by atoms with van der Waals surface area (Å²) in [7, 11) is 0. The van der Waals surface area contributed by atoms with Gasteiger partial charge in [-0.15, -0.1) is 17.0 Å². The molecule has 2 aromatic rings. The summed E-state index contributed by atoms with van der Waals surface area (Å²) in [5.41, 5.74) is 2.16. The van der Waals surface area contributed by atoms with E-state index in [-0.39, 0.29) is 22.7 Å². The zero-order chi connectivity index (χ0) is 12.1. The zero-order valence-corrected chi connectivity index (χ0v) is 11.2. The fraction of sp³-hybridized carbons (Fsp3) is 0. The molecule has 0 amide bonds. The highest BCUT2D eigenvalue weighted by atomic mass is 79.9. The minimum absolute atomic E-state index is 0. The van der Waals surface area contributed by atoms with Gasteiger partial charge in [-0.1, -0.05) is 42.5 Å². The molecule has 0 aromatic heterocycles. The summed E-state index contributed by atoms with van der Waals surface area (Å²) in [6, 6.07) is 16.4. The number of rotatable bonds is 3. The van der Waals surface area contributed by atoms with Gasteiger partial charge < -0.3 is 0 Å². The highest BCUT2D eigenvalue weighted by Gasteiger charge is 2.01. The Balaban J connectivity index is 0.00000162. The van der Waals surface area contributed by atoms with Crippen molar-refractivity contribution in [3.8, 4) is 0 Å². The van der Waals surface area contributed by atoms with E-state index in [0.717, 1.165) is 11.1 Å². The number of hydrogen-bond donors (Lipinski definition) is 0. The molecule has 0 fully saturated rings. The van der Waals surface area contributed by atoms with E-state index >= 15 is 0 Å². The summed E-state index contributed by atoms with van der Waals surface area (Å²) in [4.78, 5) is 10.1. The SMILES string of the molecule is Br.O=[N+]([O-])c1ccc(/C=C\c2ccccc2)cc1. The lowest BCUT2D eigenvalue weighted by molar-refractivity contribution is -0.384. The summed E-state index contributed by atoms with van der Waals surface area (Å²) < 4.78 is 0. The lowest BCUT2D eigenvalue weighted by Gasteiger charge is -1.94. The molecule has 4 heteroatoms. The van der Waals surface area contributed by atoms with Crippen LogP contribution in [0.25, 0.3) is 12.2 Å². The van der Waals surface area contributed by atoms with Crippen molar-refractivity contribution in [3.05, 3.63) is 75.8 Å². The molecule has 2 aromatic carbocycles. The van der Waals surface area contributed by atoms with Gasteiger partial charge in [0, 0.05) is 12.1 Å². The quantitative estimate of drug-likeness (QED) is 0.481. The molecule has 0 saturated heterocycles. The molecule has 92 valence electrons. The van der Waals surface area contributed by atoms with Crippen molar-refractivity contribution in [3.63, 3.8) is 0 Å². The molecule has 0 bridgehead atoms. The molecule has 0 N–H and O–H groups in total. The van der Waals surface area contributed by atoms with Gasteiger partial charge in [-0.2, -0.15) is 0 Å². The fourth-order valence-electron chi connectivity index (χ4n) is 1.46. The van der Waals surface area contributed by atoms with Crippen molar-refractivity contribution < 1.29 is 4.92 Å². The van der Waals surface area contributed by atoms with Crippen molar-refractivity contribution in [2.45, 2.75) is 0 Å². The first kappa shape index (κ1) is 14.1. The van der Waals surface area contributed by atoms with Gasteiger partial charge >= 0.3 is 0 Å². The predicted octanol–water partition coefficient (Wildman–Crippen LogP) is 4.34.